The van der Waals surface area contributed by atoms with Crippen LogP contribution in [-0.4, -0.2) is 65.6 Å². The van der Waals surface area contributed by atoms with Crippen LogP contribution in [0.4, 0.5) is 0 Å². The molecule has 2 atom stereocenters. The largest absolute Gasteiger partial charge is 0.488 e. The van der Waals surface area contributed by atoms with Gasteiger partial charge in [-0.05, 0) is 75.8 Å². The van der Waals surface area contributed by atoms with E-state index in [9.17, 15) is 4.79 Å². The molecule has 1 aromatic heterocycles. The zero-order chi connectivity index (χ0) is 23.4. The predicted octanol–water partition coefficient (Wildman–Crippen LogP) is 4.24. The van der Waals surface area contributed by atoms with Gasteiger partial charge in [-0.3, -0.25) is 14.7 Å². The number of hydrogen-bond donors (Lipinski definition) is 0. The molecule has 2 fully saturated rings. The topological polar surface area (TPSA) is 54.9 Å². The Hall–Kier alpha value is -2.44. The van der Waals surface area contributed by atoms with Gasteiger partial charge in [0.25, 0.3) is 5.91 Å². The van der Waals surface area contributed by atoms with Crippen LogP contribution in [-0.2, 0) is 11.3 Å². The maximum atomic E-state index is 13.2. The lowest BCUT2D eigenvalue weighted by Crippen LogP contribution is -2.48. The van der Waals surface area contributed by atoms with Gasteiger partial charge < -0.3 is 14.4 Å². The van der Waals surface area contributed by atoms with Gasteiger partial charge in [0.1, 0.15) is 12.4 Å². The molecule has 2 saturated heterocycles. The van der Waals surface area contributed by atoms with Crippen LogP contribution >= 0.6 is 0 Å². The van der Waals surface area contributed by atoms with Crippen molar-refractivity contribution in [1.29, 1.82) is 0 Å². The second kappa shape index (κ2) is 10.7. The van der Waals surface area contributed by atoms with Crippen molar-refractivity contribution in [3.63, 3.8) is 0 Å². The molecule has 3 heterocycles. The Morgan fingerprint density at radius 2 is 1.79 bits per heavy atom. The third-order valence-corrected chi connectivity index (χ3v) is 6.73. The number of carbonyl (C=O) groups excluding carboxylic acids is 1. The molecule has 0 radical (unpaired) electrons. The van der Waals surface area contributed by atoms with Crippen LogP contribution < -0.4 is 4.74 Å². The molecule has 178 valence electrons. The average molecular weight is 452 g/mol. The number of piperidine rings is 1. The maximum Gasteiger partial charge on any atom is 0.253 e. The maximum absolute atomic E-state index is 13.2. The summed E-state index contributed by atoms with van der Waals surface area (Å²) < 4.78 is 11.9. The summed E-state index contributed by atoms with van der Waals surface area (Å²) in [6.45, 7) is 13.6. The Morgan fingerprint density at radius 3 is 2.39 bits per heavy atom. The third-order valence-electron chi connectivity index (χ3n) is 6.73. The van der Waals surface area contributed by atoms with E-state index in [2.05, 4.69) is 23.7 Å². The first-order valence-electron chi connectivity index (χ1n) is 12.2. The van der Waals surface area contributed by atoms with Crippen LogP contribution in [0, 0.1) is 19.8 Å². The van der Waals surface area contributed by atoms with Crippen molar-refractivity contribution in [3.8, 4) is 5.75 Å². The number of pyridine rings is 1. The van der Waals surface area contributed by atoms with Gasteiger partial charge in [-0.1, -0.05) is 6.07 Å². The second-order valence-corrected chi connectivity index (χ2v) is 9.80. The van der Waals surface area contributed by atoms with Gasteiger partial charge >= 0.3 is 0 Å². The molecule has 4 rings (SSSR count). The van der Waals surface area contributed by atoms with Crippen LogP contribution in [0.2, 0.25) is 0 Å². The molecule has 0 aliphatic carbocycles. The Balaban J connectivity index is 1.32. The van der Waals surface area contributed by atoms with E-state index in [0.717, 1.165) is 73.6 Å². The molecular weight excluding hydrogens is 414 g/mol. The Morgan fingerprint density at radius 1 is 1.12 bits per heavy atom. The van der Waals surface area contributed by atoms with Crippen molar-refractivity contribution in [2.24, 2.45) is 5.92 Å². The molecule has 2 aliphatic rings. The lowest BCUT2D eigenvalue weighted by atomic mass is 9.94. The number of likely N-dealkylation sites (tertiary alicyclic amines) is 1. The number of amides is 1. The quantitative estimate of drug-likeness (QED) is 0.658. The summed E-state index contributed by atoms with van der Waals surface area (Å²) in [5, 5.41) is 0. The van der Waals surface area contributed by atoms with Crippen LogP contribution in [0.25, 0.3) is 0 Å². The van der Waals surface area contributed by atoms with E-state index in [1.54, 1.807) is 6.20 Å². The molecular formula is C27H37N3O3. The normalized spacial score (nSPS) is 22.4. The number of rotatable bonds is 6. The Labute approximate surface area is 197 Å². The minimum absolute atomic E-state index is 0.132. The predicted molar refractivity (Wildman–Crippen MR) is 130 cm³/mol. The molecule has 2 unspecified atom stereocenters. The first kappa shape index (κ1) is 23.7. The average Bonchev–Trinajstić information content (AvgIpc) is 2.78. The fourth-order valence-corrected chi connectivity index (χ4v) is 5.24. The summed E-state index contributed by atoms with van der Waals surface area (Å²) in [6, 6.07) is 7.84. The van der Waals surface area contributed by atoms with Gasteiger partial charge in [-0.15, -0.1) is 0 Å². The molecule has 33 heavy (non-hydrogen) atoms. The first-order valence-corrected chi connectivity index (χ1v) is 12.2. The van der Waals surface area contributed by atoms with Gasteiger partial charge in [0.2, 0.25) is 0 Å². The molecule has 0 saturated carbocycles. The Bertz CT molecular complexity index is 908. The number of benzene rings is 1. The molecule has 0 spiro atoms. The number of morpholine rings is 1. The van der Waals surface area contributed by atoms with Gasteiger partial charge in [-0.2, -0.15) is 0 Å². The summed E-state index contributed by atoms with van der Waals surface area (Å²) in [5.74, 6) is 1.63. The van der Waals surface area contributed by atoms with Crippen molar-refractivity contribution < 1.29 is 14.3 Å². The minimum atomic E-state index is 0.132. The first-order chi connectivity index (χ1) is 15.9. The third kappa shape index (κ3) is 6.12. The lowest BCUT2D eigenvalue weighted by Gasteiger charge is -2.39. The zero-order valence-corrected chi connectivity index (χ0v) is 20.4. The van der Waals surface area contributed by atoms with Gasteiger partial charge in [-0.25, -0.2) is 0 Å². The molecule has 1 aromatic carbocycles. The molecule has 0 bridgehead atoms. The van der Waals surface area contributed by atoms with Crippen molar-refractivity contribution in [3.05, 3.63) is 58.9 Å². The monoisotopic (exact) mass is 451 g/mol. The highest BCUT2D eigenvalue weighted by atomic mass is 16.5. The van der Waals surface area contributed by atoms with Crippen LogP contribution in [0.15, 0.2) is 36.7 Å². The molecule has 2 aliphatic heterocycles. The molecule has 1 amide bonds. The van der Waals surface area contributed by atoms with Gasteiger partial charge in [0, 0.05) is 56.2 Å². The number of aromatic nitrogens is 1. The Kier molecular flexibility index (Phi) is 7.66. The van der Waals surface area contributed by atoms with Crippen molar-refractivity contribution in [2.45, 2.75) is 59.4 Å². The van der Waals surface area contributed by atoms with E-state index >= 15 is 0 Å². The van der Waals surface area contributed by atoms with Crippen LogP contribution in [0.3, 0.4) is 0 Å². The summed E-state index contributed by atoms with van der Waals surface area (Å²) in [7, 11) is 0. The highest BCUT2D eigenvalue weighted by Crippen LogP contribution is 2.28. The summed E-state index contributed by atoms with van der Waals surface area (Å²) in [6.07, 6.45) is 6.31. The lowest BCUT2D eigenvalue weighted by molar-refractivity contribution is -0.0728. The highest BCUT2D eigenvalue weighted by Gasteiger charge is 2.28. The smallest absolute Gasteiger partial charge is 0.253 e. The van der Waals surface area contributed by atoms with E-state index in [4.69, 9.17) is 9.47 Å². The number of ether oxygens (including phenoxy) is 2. The van der Waals surface area contributed by atoms with Gasteiger partial charge in [0.15, 0.2) is 0 Å². The molecule has 6 nitrogen and oxygen atoms in total. The molecule has 6 heteroatoms. The van der Waals surface area contributed by atoms with E-state index in [0.29, 0.717) is 24.7 Å². The fourth-order valence-electron chi connectivity index (χ4n) is 5.24. The van der Waals surface area contributed by atoms with E-state index in [1.807, 2.05) is 49.2 Å². The second-order valence-electron chi connectivity index (χ2n) is 9.80. The zero-order valence-electron chi connectivity index (χ0n) is 20.4. The van der Waals surface area contributed by atoms with Crippen LogP contribution in [0.1, 0.15) is 53.7 Å². The van der Waals surface area contributed by atoms with Crippen molar-refractivity contribution in [2.75, 3.05) is 32.7 Å². The van der Waals surface area contributed by atoms with Gasteiger partial charge in [0.05, 0.1) is 12.2 Å². The summed E-state index contributed by atoms with van der Waals surface area (Å²) >= 11 is 0. The molecule has 0 N–H and O–H groups in total. The van der Waals surface area contributed by atoms with E-state index in [-0.39, 0.29) is 5.91 Å². The van der Waals surface area contributed by atoms with Crippen molar-refractivity contribution in [1.82, 2.24) is 14.8 Å². The number of carbonyl (C=O) groups is 1. The fraction of sp³-hybridized carbons (Fsp3) is 0.556. The van der Waals surface area contributed by atoms with E-state index in [1.165, 1.54) is 0 Å². The number of hydrogen-bond acceptors (Lipinski definition) is 5. The SMILES string of the molecule is Cc1cc(C(=O)N2CCC(CN3CC(C)OC(C)C3)CC2)cc(C)c1OCc1cccnc1. The standard InChI is InChI=1S/C27H37N3O3/c1-19-12-25(13-20(2)26(19)32-18-24-6-5-9-28-14-24)27(31)30-10-7-23(8-11-30)17-29-15-21(3)33-22(4)16-29/h5-6,9,12-14,21-23H,7-8,10-11,15-18H2,1-4H3. The van der Waals surface area contributed by atoms with Crippen LogP contribution in [0.5, 0.6) is 5.75 Å². The summed E-state index contributed by atoms with van der Waals surface area (Å²) in [5.41, 5.74) is 3.77. The number of nitrogens with zero attached hydrogens (tertiary/aromatic N) is 3. The van der Waals surface area contributed by atoms with Crippen molar-refractivity contribution >= 4 is 5.91 Å². The number of aryl methyl sites for hydroxylation is 2. The summed E-state index contributed by atoms with van der Waals surface area (Å²) in [4.78, 5) is 21.9. The molecule has 2 aromatic rings. The van der Waals surface area contributed by atoms with E-state index < -0.39 is 0 Å². The minimum Gasteiger partial charge on any atom is -0.488 e. The highest BCUT2D eigenvalue weighted by molar-refractivity contribution is 5.95.